The van der Waals surface area contributed by atoms with Crippen molar-refractivity contribution in [2.75, 3.05) is 33.4 Å². The van der Waals surface area contributed by atoms with Gasteiger partial charge in [-0.1, -0.05) is 92.6 Å². The zero-order chi connectivity index (χ0) is 38.0. The van der Waals surface area contributed by atoms with Crippen LogP contribution < -0.4 is 5.32 Å². The number of nitrogens with zero attached hydrogens (tertiary/aromatic N) is 2. The van der Waals surface area contributed by atoms with E-state index in [1.54, 1.807) is 17.1 Å². The molecule has 53 heavy (non-hydrogen) atoms. The smallest absolute Gasteiger partial charge is 0.313 e. The van der Waals surface area contributed by atoms with Crippen molar-refractivity contribution in [1.29, 1.82) is 0 Å². The fourth-order valence-corrected chi connectivity index (χ4v) is 8.47. The van der Waals surface area contributed by atoms with E-state index in [9.17, 15) is 24.3 Å². The molecule has 286 valence electrons. The molecule has 0 saturated carbocycles. The minimum absolute atomic E-state index is 0.0583. The second kappa shape index (κ2) is 18.6. The van der Waals surface area contributed by atoms with E-state index >= 15 is 0 Å². The van der Waals surface area contributed by atoms with Gasteiger partial charge in [0.2, 0.25) is 17.7 Å². The maximum absolute atomic E-state index is 14.9. The predicted octanol–water partition coefficient (Wildman–Crippen LogP) is 4.55. The average molecular weight is 730 g/mol. The lowest BCUT2D eigenvalue weighted by Gasteiger charge is -2.39. The minimum Gasteiger partial charge on any atom is -0.455 e. The van der Waals surface area contributed by atoms with Crippen molar-refractivity contribution in [1.82, 2.24) is 15.1 Å². The molecule has 0 aromatic heterocycles. The van der Waals surface area contributed by atoms with Crippen molar-refractivity contribution in [2.45, 2.75) is 94.2 Å². The molecule has 0 unspecified atom stereocenters. The van der Waals surface area contributed by atoms with Crippen LogP contribution in [0.4, 0.5) is 0 Å². The Morgan fingerprint density at radius 1 is 1.09 bits per heavy atom. The van der Waals surface area contributed by atoms with Gasteiger partial charge in [-0.05, 0) is 43.2 Å². The second-order valence-corrected chi connectivity index (χ2v) is 14.3. The van der Waals surface area contributed by atoms with Gasteiger partial charge in [0.15, 0.2) is 0 Å². The summed E-state index contributed by atoms with van der Waals surface area (Å²) in [5.74, 6) is -3.59. The predicted molar refractivity (Wildman–Crippen MR) is 200 cm³/mol. The molecule has 0 radical (unpaired) electrons. The van der Waals surface area contributed by atoms with Crippen LogP contribution in [0.3, 0.4) is 0 Å². The number of allylic oxidation sites excluding steroid dienone is 1. The number of fused-ring (bicyclic) bond motifs is 1. The quantitative estimate of drug-likeness (QED) is 0.109. The van der Waals surface area contributed by atoms with Crippen LogP contribution in [0, 0.1) is 11.8 Å². The number of nitrogens with one attached hydrogen (secondary N) is 1. The maximum atomic E-state index is 14.9. The van der Waals surface area contributed by atoms with Crippen LogP contribution in [0.1, 0.15) is 69.1 Å². The number of amides is 3. The molecule has 3 saturated heterocycles. The molecule has 3 aliphatic rings. The van der Waals surface area contributed by atoms with Gasteiger partial charge in [0, 0.05) is 26.6 Å². The minimum atomic E-state index is -1.29. The van der Waals surface area contributed by atoms with Crippen LogP contribution in [-0.2, 0) is 39.8 Å². The first-order valence-electron chi connectivity index (χ1n) is 18.9. The van der Waals surface area contributed by atoms with Gasteiger partial charge < -0.3 is 34.4 Å². The largest absolute Gasteiger partial charge is 0.455 e. The van der Waals surface area contributed by atoms with Gasteiger partial charge >= 0.3 is 5.97 Å². The number of esters is 1. The Bertz CT molecular complexity index is 1570. The first-order chi connectivity index (χ1) is 25.7. The number of benzene rings is 2. The Morgan fingerprint density at radius 2 is 1.81 bits per heavy atom. The summed E-state index contributed by atoms with van der Waals surface area (Å²) >= 11 is 0. The van der Waals surface area contributed by atoms with Gasteiger partial charge in [0.1, 0.15) is 17.7 Å². The van der Waals surface area contributed by atoms with Crippen molar-refractivity contribution >= 4 is 23.7 Å². The molecule has 3 fully saturated rings. The SMILES string of the molecule is C=CCCC(=O)N[C@@H](COC)[C@@H](OC(=O)[C@@H]1[C@H]2C(=O)N([C@@H](CO)Cc3ccccc3)[C@H](C(=O)N(CC=C)CCCCC)[C@]23CC[C@H]1O3)c1ccccc1. The van der Waals surface area contributed by atoms with Crippen LogP contribution in [0.5, 0.6) is 0 Å². The summed E-state index contributed by atoms with van der Waals surface area (Å²) in [6.07, 6.45) is 6.29. The van der Waals surface area contributed by atoms with Crippen LogP contribution in [0.15, 0.2) is 86.0 Å². The summed E-state index contributed by atoms with van der Waals surface area (Å²) in [6.45, 7) is 10.1. The summed E-state index contributed by atoms with van der Waals surface area (Å²) in [6, 6.07) is 16.1. The third-order valence-corrected chi connectivity index (χ3v) is 10.9. The topological polar surface area (TPSA) is 135 Å². The number of ether oxygens (including phenoxy) is 3. The fraction of sp³-hybridized carbons (Fsp3) is 0.524. The highest BCUT2D eigenvalue weighted by molar-refractivity contribution is 5.98. The van der Waals surface area contributed by atoms with Crippen LogP contribution in [-0.4, -0.2) is 102 Å². The lowest BCUT2D eigenvalue weighted by Crippen LogP contribution is -2.59. The Balaban J connectivity index is 1.52. The van der Waals surface area contributed by atoms with Gasteiger partial charge in [-0.25, -0.2) is 0 Å². The Labute approximate surface area is 313 Å². The van der Waals surface area contributed by atoms with Gasteiger partial charge in [0.05, 0.1) is 43.2 Å². The summed E-state index contributed by atoms with van der Waals surface area (Å²) in [7, 11) is 1.51. The van der Waals surface area contributed by atoms with E-state index < -0.39 is 59.6 Å². The first-order valence-corrected chi connectivity index (χ1v) is 18.9. The Morgan fingerprint density at radius 3 is 2.45 bits per heavy atom. The number of hydrogen-bond acceptors (Lipinski definition) is 8. The summed E-state index contributed by atoms with van der Waals surface area (Å²) < 4.78 is 18.6. The van der Waals surface area contributed by atoms with Gasteiger partial charge in [-0.15, -0.1) is 13.2 Å². The van der Waals surface area contributed by atoms with Crippen LogP contribution >= 0.6 is 0 Å². The number of aliphatic hydroxyl groups is 1. The van der Waals surface area contributed by atoms with Gasteiger partial charge in [-0.3, -0.25) is 19.2 Å². The molecule has 2 bridgehead atoms. The molecular weight excluding hydrogens is 674 g/mol. The van der Waals surface area contributed by atoms with Crippen molar-refractivity contribution in [3.05, 3.63) is 97.1 Å². The number of hydrogen-bond donors (Lipinski definition) is 2. The number of rotatable bonds is 21. The molecule has 2 N–H and O–H groups in total. The highest BCUT2D eigenvalue weighted by Gasteiger charge is 2.75. The molecule has 2 aromatic carbocycles. The summed E-state index contributed by atoms with van der Waals surface area (Å²) in [5, 5.41) is 13.8. The molecule has 11 heteroatoms. The van der Waals surface area contributed by atoms with Crippen LogP contribution in [0.2, 0.25) is 0 Å². The molecule has 3 aliphatic heterocycles. The third-order valence-electron chi connectivity index (χ3n) is 10.9. The zero-order valence-corrected chi connectivity index (χ0v) is 31.1. The van der Waals surface area contributed by atoms with E-state index in [4.69, 9.17) is 14.2 Å². The van der Waals surface area contributed by atoms with Crippen molar-refractivity contribution in [2.24, 2.45) is 11.8 Å². The zero-order valence-electron chi connectivity index (χ0n) is 31.1. The average Bonchev–Trinajstić information content (AvgIpc) is 3.82. The van der Waals surface area contributed by atoms with Gasteiger partial charge in [0.25, 0.3) is 0 Å². The Hall–Kier alpha value is -4.32. The van der Waals surface area contributed by atoms with E-state index in [-0.39, 0.29) is 38.0 Å². The number of unbranched alkanes of at least 4 members (excludes halogenated alkanes) is 2. The van der Waals surface area contributed by atoms with E-state index in [1.807, 2.05) is 60.7 Å². The van der Waals surface area contributed by atoms with E-state index in [0.29, 0.717) is 37.8 Å². The molecule has 1 spiro atoms. The lowest BCUT2D eigenvalue weighted by atomic mass is 9.70. The van der Waals surface area contributed by atoms with E-state index in [0.717, 1.165) is 24.8 Å². The van der Waals surface area contributed by atoms with E-state index in [2.05, 4.69) is 25.4 Å². The molecule has 11 nitrogen and oxygen atoms in total. The normalized spacial score (nSPS) is 24.6. The highest BCUT2D eigenvalue weighted by Crippen LogP contribution is 2.59. The molecule has 3 amide bonds. The fourth-order valence-electron chi connectivity index (χ4n) is 8.47. The molecule has 5 rings (SSSR count). The first kappa shape index (κ1) is 39.9. The van der Waals surface area contributed by atoms with Crippen molar-refractivity contribution in [3.63, 3.8) is 0 Å². The molecule has 2 aromatic rings. The standard InChI is InChI=1S/C42H55N3O8/c1-5-8-16-25-44(24-7-3)40(49)38-42-23-22-33(53-42)35(36(42)39(48)45(38)31(27-46)26-29-17-12-10-13-18-29)41(50)52-37(30-19-14-11-15-20-30)32(28-51-4)43-34(47)21-9-6-2/h6-7,10-15,17-20,31-33,35-38,46H,2-3,5,8-9,16,21-28H2,1,4H3,(H,43,47)/t31-,32+,33-,35+,36+,37+,38-,42+/m1/s1. The van der Waals surface area contributed by atoms with Crippen molar-refractivity contribution < 1.29 is 38.5 Å². The maximum Gasteiger partial charge on any atom is 0.313 e. The van der Waals surface area contributed by atoms with Crippen molar-refractivity contribution in [3.8, 4) is 0 Å². The number of aliphatic hydroxyl groups excluding tert-OH is 1. The number of carbonyl (C=O) groups excluding carboxylic acids is 4. The second-order valence-electron chi connectivity index (χ2n) is 14.3. The third kappa shape index (κ3) is 8.58. The molecule has 3 heterocycles. The number of methoxy groups -OCH3 is 1. The Kier molecular flexibility index (Phi) is 14.0. The highest BCUT2D eigenvalue weighted by atomic mass is 16.6. The molecule has 8 atom stereocenters. The number of likely N-dealkylation sites (tertiary alicyclic amines) is 1. The molecule has 0 aliphatic carbocycles. The lowest BCUT2D eigenvalue weighted by molar-refractivity contribution is -0.163. The summed E-state index contributed by atoms with van der Waals surface area (Å²) in [5.41, 5.74) is 0.259. The molecular formula is C42H55N3O8. The van der Waals surface area contributed by atoms with E-state index in [1.165, 1.54) is 12.0 Å². The number of carbonyl (C=O) groups is 4. The van der Waals surface area contributed by atoms with Gasteiger partial charge in [-0.2, -0.15) is 0 Å². The van der Waals surface area contributed by atoms with Crippen LogP contribution in [0.25, 0.3) is 0 Å². The monoisotopic (exact) mass is 729 g/mol. The summed E-state index contributed by atoms with van der Waals surface area (Å²) in [4.78, 5) is 60.5.